The lowest BCUT2D eigenvalue weighted by atomic mass is 10.2. The van der Waals surface area contributed by atoms with Crippen molar-refractivity contribution in [3.63, 3.8) is 0 Å². The lowest BCUT2D eigenvalue weighted by Crippen LogP contribution is -2.34. The maximum atomic E-state index is 6.08. The van der Waals surface area contributed by atoms with Crippen LogP contribution >= 0.6 is 27.5 Å². The number of benzene rings is 1. The molecule has 17 heavy (non-hydrogen) atoms. The molecule has 1 aromatic carbocycles. The molecule has 0 saturated carbocycles. The zero-order valence-corrected chi connectivity index (χ0v) is 12.3. The number of aliphatic imine (C=N–C) groups is 1. The fourth-order valence-electron chi connectivity index (χ4n) is 1.18. The summed E-state index contributed by atoms with van der Waals surface area (Å²) in [7, 11) is 0. The van der Waals surface area contributed by atoms with E-state index in [0.717, 1.165) is 16.6 Å². The molecule has 0 aliphatic heterocycles. The normalized spacial score (nSPS) is 11.9. The second-order valence-corrected chi connectivity index (χ2v) is 5.53. The second-order valence-electron chi connectivity index (χ2n) is 4.21. The van der Waals surface area contributed by atoms with Gasteiger partial charge in [0, 0.05) is 16.0 Å². The van der Waals surface area contributed by atoms with E-state index in [1.807, 2.05) is 18.2 Å². The van der Waals surface area contributed by atoms with Crippen molar-refractivity contribution in [3.05, 3.63) is 33.3 Å². The average molecular weight is 319 g/mol. The Morgan fingerprint density at radius 1 is 1.53 bits per heavy atom. The predicted molar refractivity (Wildman–Crippen MR) is 77.3 cm³/mol. The van der Waals surface area contributed by atoms with Gasteiger partial charge in [-0.05, 0) is 23.6 Å². The number of guanidine groups is 1. The highest BCUT2D eigenvalue weighted by atomic mass is 79.9. The van der Waals surface area contributed by atoms with Crippen LogP contribution in [0.1, 0.15) is 19.4 Å². The summed E-state index contributed by atoms with van der Waals surface area (Å²) in [6.45, 7) is 5.55. The van der Waals surface area contributed by atoms with Gasteiger partial charge in [0.2, 0.25) is 0 Å². The van der Waals surface area contributed by atoms with Crippen LogP contribution in [0.15, 0.2) is 27.7 Å². The second kappa shape index (κ2) is 6.87. The molecule has 1 aromatic rings. The highest BCUT2D eigenvalue weighted by Gasteiger charge is 2.01. The molecular weight excluding hydrogens is 302 g/mol. The number of nitrogens with zero attached hydrogens (tertiary/aromatic N) is 1. The van der Waals surface area contributed by atoms with Gasteiger partial charge in [-0.2, -0.15) is 0 Å². The Kier molecular flexibility index (Phi) is 5.78. The van der Waals surface area contributed by atoms with Crippen LogP contribution < -0.4 is 11.1 Å². The molecule has 0 radical (unpaired) electrons. The van der Waals surface area contributed by atoms with Gasteiger partial charge in [-0.1, -0.05) is 47.4 Å². The number of halogens is 2. The van der Waals surface area contributed by atoms with Crippen molar-refractivity contribution in [1.82, 2.24) is 5.32 Å². The largest absolute Gasteiger partial charge is 0.370 e. The van der Waals surface area contributed by atoms with Crippen molar-refractivity contribution in [2.75, 3.05) is 6.54 Å². The summed E-state index contributed by atoms with van der Waals surface area (Å²) in [5.41, 5.74) is 6.70. The first-order valence-corrected chi connectivity index (χ1v) is 6.64. The number of hydrogen-bond acceptors (Lipinski definition) is 1. The van der Waals surface area contributed by atoms with E-state index in [0.29, 0.717) is 23.4 Å². The Morgan fingerprint density at radius 2 is 2.24 bits per heavy atom. The van der Waals surface area contributed by atoms with Crippen LogP contribution in [0.5, 0.6) is 0 Å². The van der Waals surface area contributed by atoms with Crippen LogP contribution in [-0.4, -0.2) is 12.5 Å². The fraction of sp³-hybridized carbons (Fsp3) is 0.417. The van der Waals surface area contributed by atoms with Gasteiger partial charge in [0.05, 0.1) is 6.54 Å². The topological polar surface area (TPSA) is 50.4 Å². The molecule has 0 atom stereocenters. The molecule has 3 nitrogen and oxygen atoms in total. The van der Waals surface area contributed by atoms with Crippen molar-refractivity contribution >= 4 is 33.5 Å². The summed E-state index contributed by atoms with van der Waals surface area (Å²) in [6.07, 6.45) is 0. The van der Waals surface area contributed by atoms with Crippen LogP contribution in [0.2, 0.25) is 5.02 Å². The van der Waals surface area contributed by atoms with E-state index < -0.39 is 0 Å². The van der Waals surface area contributed by atoms with Gasteiger partial charge < -0.3 is 11.1 Å². The van der Waals surface area contributed by atoms with Crippen LogP contribution in [0.4, 0.5) is 0 Å². The number of rotatable bonds is 4. The van der Waals surface area contributed by atoms with E-state index in [9.17, 15) is 0 Å². The Balaban J connectivity index is 2.56. The molecule has 1 rings (SSSR count). The maximum Gasteiger partial charge on any atom is 0.188 e. The molecule has 0 saturated heterocycles. The first-order valence-electron chi connectivity index (χ1n) is 5.46. The molecule has 0 unspecified atom stereocenters. The third-order valence-electron chi connectivity index (χ3n) is 2.13. The van der Waals surface area contributed by atoms with Crippen LogP contribution in [-0.2, 0) is 6.54 Å². The van der Waals surface area contributed by atoms with Gasteiger partial charge in [-0.15, -0.1) is 0 Å². The smallest absolute Gasteiger partial charge is 0.188 e. The van der Waals surface area contributed by atoms with Crippen LogP contribution in [0.25, 0.3) is 0 Å². The van der Waals surface area contributed by atoms with Gasteiger partial charge in [0.1, 0.15) is 0 Å². The Labute approximate surface area is 116 Å². The van der Waals surface area contributed by atoms with Crippen LogP contribution in [0.3, 0.4) is 0 Å². The molecule has 0 spiro atoms. The highest BCUT2D eigenvalue weighted by Crippen LogP contribution is 2.21. The summed E-state index contributed by atoms with van der Waals surface area (Å²) < 4.78 is 0.959. The third kappa shape index (κ3) is 5.41. The van der Waals surface area contributed by atoms with E-state index in [1.165, 1.54) is 0 Å². The van der Waals surface area contributed by atoms with Crippen molar-refractivity contribution in [2.45, 2.75) is 20.4 Å². The molecule has 0 aliphatic rings. The summed E-state index contributed by atoms with van der Waals surface area (Å²) in [6, 6.07) is 5.73. The van der Waals surface area contributed by atoms with Gasteiger partial charge in [0.25, 0.3) is 0 Å². The molecular formula is C12H17BrClN3. The molecule has 94 valence electrons. The van der Waals surface area contributed by atoms with Crippen molar-refractivity contribution in [1.29, 1.82) is 0 Å². The van der Waals surface area contributed by atoms with E-state index in [2.05, 4.69) is 40.1 Å². The number of hydrogen-bond donors (Lipinski definition) is 2. The molecule has 0 aliphatic carbocycles. The van der Waals surface area contributed by atoms with E-state index in [-0.39, 0.29) is 0 Å². The number of nitrogens with one attached hydrogen (secondary N) is 1. The van der Waals surface area contributed by atoms with Crippen molar-refractivity contribution in [3.8, 4) is 0 Å². The summed E-state index contributed by atoms with van der Waals surface area (Å²) in [4.78, 5) is 4.24. The van der Waals surface area contributed by atoms with Gasteiger partial charge in [-0.3, -0.25) is 0 Å². The van der Waals surface area contributed by atoms with E-state index in [4.69, 9.17) is 17.3 Å². The first-order chi connectivity index (χ1) is 7.99. The first kappa shape index (κ1) is 14.3. The van der Waals surface area contributed by atoms with E-state index in [1.54, 1.807) is 0 Å². The zero-order chi connectivity index (χ0) is 12.8. The summed E-state index contributed by atoms with van der Waals surface area (Å²) >= 11 is 9.44. The molecule has 3 N–H and O–H groups in total. The Bertz CT molecular complexity index is 405. The van der Waals surface area contributed by atoms with Gasteiger partial charge in [0.15, 0.2) is 5.96 Å². The lowest BCUT2D eigenvalue weighted by molar-refractivity contribution is 0.622. The molecule has 0 heterocycles. The third-order valence-corrected chi connectivity index (χ3v) is 2.97. The molecule has 0 fully saturated rings. The molecule has 0 aromatic heterocycles. The van der Waals surface area contributed by atoms with Crippen molar-refractivity contribution < 1.29 is 0 Å². The maximum absolute atomic E-state index is 6.08. The Morgan fingerprint density at radius 3 is 2.82 bits per heavy atom. The molecule has 0 bridgehead atoms. The van der Waals surface area contributed by atoms with Crippen molar-refractivity contribution in [2.24, 2.45) is 16.6 Å². The van der Waals surface area contributed by atoms with Gasteiger partial charge in [-0.25, -0.2) is 4.99 Å². The minimum Gasteiger partial charge on any atom is -0.370 e. The number of nitrogens with two attached hydrogens (primary N) is 1. The quantitative estimate of drug-likeness (QED) is 0.662. The minimum atomic E-state index is 0.456. The summed E-state index contributed by atoms with van der Waals surface area (Å²) in [5, 5.41) is 3.75. The fourth-order valence-corrected chi connectivity index (χ4v) is 1.92. The zero-order valence-electron chi connectivity index (χ0n) is 10.0. The average Bonchev–Trinajstić information content (AvgIpc) is 2.25. The molecule has 5 heteroatoms. The standard InChI is InChI=1S/C12H17BrClN3/c1-8(2)6-16-12(15)17-7-9-3-4-10(13)5-11(9)14/h3-5,8H,6-7H2,1-2H3,(H3,15,16,17). The minimum absolute atomic E-state index is 0.456. The van der Waals surface area contributed by atoms with Crippen LogP contribution in [0, 0.1) is 5.92 Å². The van der Waals surface area contributed by atoms with E-state index >= 15 is 0 Å². The highest BCUT2D eigenvalue weighted by molar-refractivity contribution is 9.10. The Hall–Kier alpha value is -0.740. The summed E-state index contributed by atoms with van der Waals surface area (Å²) in [5.74, 6) is 0.998. The monoisotopic (exact) mass is 317 g/mol. The SMILES string of the molecule is CC(C)CNC(N)=NCc1ccc(Br)cc1Cl. The predicted octanol–water partition coefficient (Wildman–Crippen LogP) is 3.16. The van der Waals surface area contributed by atoms with Gasteiger partial charge >= 0.3 is 0 Å². The lowest BCUT2D eigenvalue weighted by Gasteiger charge is -2.08. The molecule has 0 amide bonds.